The van der Waals surface area contributed by atoms with Gasteiger partial charge in [-0.25, -0.2) is 4.79 Å². The van der Waals surface area contributed by atoms with Crippen LogP contribution in [0.3, 0.4) is 0 Å². The minimum Gasteiger partial charge on any atom is -0.505 e. The zero-order chi connectivity index (χ0) is 22.2. The second-order valence-corrected chi connectivity index (χ2v) is 8.01. The van der Waals surface area contributed by atoms with Crippen LogP contribution in [0.2, 0.25) is 0 Å². The number of rotatable bonds is 17. The van der Waals surface area contributed by atoms with Crippen LogP contribution >= 0.6 is 0 Å². The summed E-state index contributed by atoms with van der Waals surface area (Å²) >= 11 is 0. The minimum atomic E-state index is -1.73. The van der Waals surface area contributed by atoms with Gasteiger partial charge in [0, 0.05) is 0 Å². The molecule has 0 aromatic rings. The predicted octanol–water partition coefficient (Wildman–Crippen LogP) is 5.17. The molecular formula is C24H40O6. The molecule has 0 saturated carbocycles. The molecular weight excluding hydrogens is 384 g/mol. The van der Waals surface area contributed by atoms with E-state index in [2.05, 4.69) is 31.2 Å². The molecule has 1 aliphatic heterocycles. The number of carbonyl (C=O) groups is 1. The van der Waals surface area contributed by atoms with Crippen molar-refractivity contribution in [2.24, 2.45) is 0 Å². The Hall–Kier alpha value is -1.79. The first-order valence-electron chi connectivity index (χ1n) is 11.4. The number of aliphatic hydroxyl groups excluding tert-OH is 4. The number of esters is 1. The van der Waals surface area contributed by atoms with Crippen molar-refractivity contribution in [1.29, 1.82) is 0 Å². The molecule has 0 amide bonds. The predicted molar refractivity (Wildman–Crippen MR) is 118 cm³/mol. The van der Waals surface area contributed by atoms with Crippen LogP contribution in [-0.4, -0.2) is 44.7 Å². The first kappa shape index (κ1) is 26.2. The van der Waals surface area contributed by atoms with Crippen molar-refractivity contribution in [3.8, 4) is 0 Å². The lowest BCUT2D eigenvalue weighted by molar-refractivity contribution is -0.165. The minimum absolute atomic E-state index is 0.158. The maximum absolute atomic E-state index is 11.5. The lowest BCUT2D eigenvalue weighted by Crippen LogP contribution is -2.47. The average Bonchev–Trinajstić information content (AvgIpc) is 2.97. The monoisotopic (exact) mass is 424 g/mol. The molecule has 0 unspecified atom stereocenters. The third-order valence-electron chi connectivity index (χ3n) is 5.55. The van der Waals surface area contributed by atoms with Crippen molar-refractivity contribution in [3.05, 3.63) is 35.8 Å². The Morgan fingerprint density at radius 2 is 1.47 bits per heavy atom. The van der Waals surface area contributed by atoms with E-state index in [0.717, 1.165) is 44.9 Å². The number of aliphatic hydroxyl groups is 4. The molecule has 0 aromatic carbocycles. The molecule has 0 aliphatic carbocycles. The topological polar surface area (TPSA) is 107 Å². The molecule has 0 spiro atoms. The normalized spacial score (nSPS) is 20.6. The van der Waals surface area contributed by atoms with Crippen molar-refractivity contribution < 1.29 is 30.0 Å². The van der Waals surface area contributed by atoms with E-state index in [-0.39, 0.29) is 6.42 Å². The lowest BCUT2D eigenvalue weighted by Gasteiger charge is -2.31. The van der Waals surface area contributed by atoms with Crippen LogP contribution in [0.15, 0.2) is 35.8 Å². The van der Waals surface area contributed by atoms with Crippen molar-refractivity contribution in [2.75, 3.05) is 6.61 Å². The van der Waals surface area contributed by atoms with Gasteiger partial charge in [-0.2, -0.15) is 0 Å². The van der Waals surface area contributed by atoms with Crippen molar-refractivity contribution in [1.82, 2.24) is 0 Å². The summed E-state index contributed by atoms with van der Waals surface area (Å²) in [7, 11) is 0. The highest BCUT2D eigenvalue weighted by Crippen LogP contribution is 2.37. The van der Waals surface area contributed by atoms with Crippen LogP contribution in [0.1, 0.15) is 90.4 Å². The Kier molecular flexibility index (Phi) is 13.2. The Morgan fingerprint density at radius 3 is 2.00 bits per heavy atom. The van der Waals surface area contributed by atoms with Crippen LogP contribution in [0.5, 0.6) is 0 Å². The van der Waals surface area contributed by atoms with Gasteiger partial charge in [-0.05, 0) is 44.9 Å². The van der Waals surface area contributed by atoms with E-state index < -0.39 is 35.8 Å². The van der Waals surface area contributed by atoms with Gasteiger partial charge in [0.1, 0.15) is 6.10 Å². The van der Waals surface area contributed by atoms with Gasteiger partial charge in [-0.15, -0.1) is 0 Å². The molecule has 4 N–H and O–H groups in total. The van der Waals surface area contributed by atoms with Gasteiger partial charge >= 0.3 is 5.97 Å². The summed E-state index contributed by atoms with van der Waals surface area (Å²) in [6.45, 7) is 1.54. The van der Waals surface area contributed by atoms with E-state index in [9.17, 15) is 25.2 Å². The fourth-order valence-corrected chi connectivity index (χ4v) is 3.64. The summed E-state index contributed by atoms with van der Waals surface area (Å²) in [6, 6.07) is 0. The maximum atomic E-state index is 11.5. The van der Waals surface area contributed by atoms with Crippen LogP contribution in [0.25, 0.3) is 0 Å². The van der Waals surface area contributed by atoms with Crippen LogP contribution in [0, 0.1) is 0 Å². The van der Waals surface area contributed by atoms with Crippen molar-refractivity contribution in [2.45, 2.75) is 102 Å². The molecule has 30 heavy (non-hydrogen) atoms. The first-order valence-corrected chi connectivity index (χ1v) is 11.4. The van der Waals surface area contributed by atoms with Gasteiger partial charge in [-0.1, -0.05) is 69.8 Å². The Bertz CT molecular complexity index is 580. The zero-order valence-corrected chi connectivity index (χ0v) is 18.4. The van der Waals surface area contributed by atoms with Crippen LogP contribution < -0.4 is 0 Å². The molecule has 0 fully saturated rings. The highest BCUT2D eigenvalue weighted by molar-refractivity contribution is 5.90. The number of carbonyl (C=O) groups excluding carboxylic acids is 1. The Morgan fingerprint density at radius 1 is 0.900 bits per heavy atom. The molecule has 0 radical (unpaired) electrons. The molecule has 172 valence electrons. The van der Waals surface area contributed by atoms with Gasteiger partial charge in [-0.3, -0.25) is 0 Å². The number of ether oxygens (including phenoxy) is 1. The largest absolute Gasteiger partial charge is 0.505 e. The molecule has 2 atom stereocenters. The number of hydrogen-bond acceptors (Lipinski definition) is 6. The summed E-state index contributed by atoms with van der Waals surface area (Å²) < 4.78 is 5.02. The number of hydrogen-bond donors (Lipinski definition) is 4. The smallest absolute Gasteiger partial charge is 0.378 e. The zero-order valence-electron chi connectivity index (χ0n) is 18.4. The van der Waals surface area contributed by atoms with Gasteiger partial charge < -0.3 is 25.2 Å². The third-order valence-corrected chi connectivity index (χ3v) is 5.55. The summed E-state index contributed by atoms with van der Waals surface area (Å²) in [5.74, 6) is -2.64. The fourth-order valence-electron chi connectivity index (χ4n) is 3.64. The third kappa shape index (κ3) is 8.52. The van der Waals surface area contributed by atoms with Gasteiger partial charge in [0.2, 0.25) is 11.4 Å². The molecule has 0 saturated heterocycles. The van der Waals surface area contributed by atoms with Gasteiger partial charge in [0.05, 0.1) is 6.61 Å². The highest BCUT2D eigenvalue weighted by Gasteiger charge is 2.53. The van der Waals surface area contributed by atoms with Crippen LogP contribution in [0.4, 0.5) is 0 Å². The molecule has 1 rings (SSSR count). The van der Waals surface area contributed by atoms with E-state index in [1.807, 2.05) is 0 Å². The quantitative estimate of drug-likeness (QED) is 0.146. The summed E-state index contributed by atoms with van der Waals surface area (Å²) in [4.78, 5) is 11.5. The van der Waals surface area contributed by atoms with E-state index >= 15 is 0 Å². The molecule has 6 heteroatoms. The SMILES string of the molecule is CCCCC/C=C\C/C=C\CCCCCCCC[C@]1([C@@H](O)CO)OC(=O)C(O)=C1O. The standard InChI is InChI=1S/C24H40O6/c1-2-3-4-5-6-7-8-9-10-11-12-13-14-15-16-17-18-24(20(26)19-25)22(28)21(27)23(29)30-24/h6-7,9-10,20,25-28H,2-5,8,11-19H2,1H3/b7-6-,10-9-/t20-,24+/m0/s1. The summed E-state index contributed by atoms with van der Waals surface area (Å²) in [5, 5.41) is 38.8. The van der Waals surface area contributed by atoms with E-state index in [1.165, 1.54) is 25.7 Å². The van der Waals surface area contributed by atoms with Crippen LogP contribution in [-0.2, 0) is 9.53 Å². The van der Waals surface area contributed by atoms with E-state index in [4.69, 9.17) is 4.74 Å². The average molecular weight is 425 g/mol. The molecule has 6 nitrogen and oxygen atoms in total. The molecule has 1 aliphatic rings. The summed E-state index contributed by atoms with van der Waals surface area (Å²) in [6.07, 6.45) is 20.6. The number of cyclic esters (lactones) is 1. The van der Waals surface area contributed by atoms with Crippen molar-refractivity contribution >= 4 is 5.97 Å². The fraction of sp³-hybridized carbons (Fsp3) is 0.708. The van der Waals surface area contributed by atoms with E-state index in [1.54, 1.807) is 0 Å². The van der Waals surface area contributed by atoms with E-state index in [0.29, 0.717) is 6.42 Å². The maximum Gasteiger partial charge on any atom is 0.378 e. The number of unbranched alkanes of at least 4 members (excludes halogenated alkanes) is 9. The molecule has 0 aromatic heterocycles. The lowest BCUT2D eigenvalue weighted by atomic mass is 9.88. The Labute approximate surface area is 181 Å². The Balaban J connectivity index is 2.11. The second-order valence-electron chi connectivity index (χ2n) is 8.01. The molecule has 0 bridgehead atoms. The van der Waals surface area contributed by atoms with Gasteiger partial charge in [0.15, 0.2) is 5.76 Å². The highest BCUT2D eigenvalue weighted by atomic mass is 16.6. The second kappa shape index (κ2) is 15.1. The first-order chi connectivity index (χ1) is 14.5. The molecule has 1 heterocycles. The van der Waals surface area contributed by atoms with Crippen molar-refractivity contribution in [3.63, 3.8) is 0 Å². The van der Waals surface area contributed by atoms with Gasteiger partial charge in [0.25, 0.3) is 0 Å². The number of allylic oxidation sites excluding steroid dienone is 4. The summed E-state index contributed by atoms with van der Waals surface area (Å²) in [5.41, 5.74) is -1.73.